The monoisotopic (exact) mass is 561 g/mol. The zero-order valence-corrected chi connectivity index (χ0v) is 24.6. The minimum Gasteiger partial charge on any atom is -0.350 e. The van der Waals surface area contributed by atoms with Crippen molar-refractivity contribution in [2.75, 3.05) is 6.54 Å². The molecule has 0 unspecified atom stereocenters. The predicted molar refractivity (Wildman–Crippen MR) is 167 cm³/mol. The number of nitrogens with one attached hydrogen (secondary N) is 2. The van der Waals surface area contributed by atoms with E-state index in [1.54, 1.807) is 29.2 Å². The van der Waals surface area contributed by atoms with Crippen molar-refractivity contribution < 1.29 is 14.4 Å². The van der Waals surface area contributed by atoms with E-state index in [1.807, 2.05) is 60.7 Å². The van der Waals surface area contributed by atoms with Crippen molar-refractivity contribution in [1.82, 2.24) is 15.5 Å². The quantitative estimate of drug-likeness (QED) is 0.286. The molecule has 2 N–H and O–H groups in total. The average molecular weight is 562 g/mol. The minimum atomic E-state index is -0.818. The van der Waals surface area contributed by atoms with Crippen LogP contribution in [-0.2, 0) is 28.0 Å². The number of fused-ring (bicyclic) bond motifs is 1. The first-order chi connectivity index (χ1) is 20.2. The smallest absolute Gasteiger partial charge is 0.251 e. The summed E-state index contributed by atoms with van der Waals surface area (Å²) < 4.78 is 0. The van der Waals surface area contributed by atoms with Crippen molar-refractivity contribution in [2.45, 2.75) is 64.1 Å². The van der Waals surface area contributed by atoms with Crippen LogP contribution in [0.1, 0.15) is 60.7 Å². The van der Waals surface area contributed by atoms with Crippen LogP contribution in [0.5, 0.6) is 0 Å². The Bertz CT molecular complexity index is 1550. The third kappa shape index (κ3) is 6.71. The molecule has 4 aromatic carbocycles. The summed E-state index contributed by atoms with van der Waals surface area (Å²) in [5.41, 5.74) is 3.77. The molecule has 0 saturated carbocycles. The van der Waals surface area contributed by atoms with E-state index in [4.69, 9.17) is 0 Å². The molecule has 5 rings (SSSR count). The van der Waals surface area contributed by atoms with E-state index >= 15 is 0 Å². The van der Waals surface area contributed by atoms with Crippen molar-refractivity contribution >= 4 is 28.5 Å². The molecular weight excluding hydrogens is 522 g/mol. The zero-order valence-electron chi connectivity index (χ0n) is 24.6. The number of likely N-dealkylation sites (tertiary alicyclic amines) is 1. The highest BCUT2D eigenvalue weighted by molar-refractivity contribution is 5.99. The van der Waals surface area contributed by atoms with Crippen LogP contribution in [0, 0.1) is 0 Å². The second-order valence-electron chi connectivity index (χ2n) is 12.1. The first-order valence-electron chi connectivity index (χ1n) is 14.7. The lowest BCUT2D eigenvalue weighted by atomic mass is 9.87. The Morgan fingerprint density at radius 2 is 1.55 bits per heavy atom. The number of rotatable bonds is 8. The molecule has 0 bridgehead atoms. The molecule has 0 aliphatic carbocycles. The molecule has 6 heteroatoms. The van der Waals surface area contributed by atoms with Crippen molar-refractivity contribution in [2.24, 2.45) is 0 Å². The summed E-state index contributed by atoms with van der Waals surface area (Å²) in [5, 5.41) is 8.15. The molecule has 1 aliphatic heterocycles. The van der Waals surface area contributed by atoms with Crippen LogP contribution in [-0.4, -0.2) is 41.2 Å². The van der Waals surface area contributed by atoms with E-state index < -0.39 is 12.1 Å². The fraction of sp³-hybridized carbons (Fsp3) is 0.306. The maximum atomic E-state index is 14.1. The molecule has 3 amide bonds. The van der Waals surface area contributed by atoms with E-state index in [2.05, 4.69) is 43.5 Å². The SMILES string of the molecule is CC(C)(C)c1ccc(CNC(=O)[C@@H]2CCCN2C(=O)[C@@H](Cc2cccc3ccccc23)NC(=O)c2ccccc2)cc1. The number of benzene rings is 4. The molecule has 1 fully saturated rings. The van der Waals surface area contributed by atoms with Gasteiger partial charge in [-0.2, -0.15) is 0 Å². The highest BCUT2D eigenvalue weighted by atomic mass is 16.2. The topological polar surface area (TPSA) is 78.5 Å². The van der Waals surface area contributed by atoms with Crippen molar-refractivity contribution in [3.05, 3.63) is 119 Å². The van der Waals surface area contributed by atoms with Gasteiger partial charge in [0.25, 0.3) is 5.91 Å². The van der Waals surface area contributed by atoms with Gasteiger partial charge in [-0.3, -0.25) is 14.4 Å². The fourth-order valence-corrected chi connectivity index (χ4v) is 5.65. The van der Waals surface area contributed by atoms with Crippen LogP contribution in [0.25, 0.3) is 10.8 Å². The van der Waals surface area contributed by atoms with E-state index in [-0.39, 0.29) is 23.1 Å². The number of hydrogen-bond acceptors (Lipinski definition) is 3. The summed E-state index contributed by atoms with van der Waals surface area (Å²) >= 11 is 0. The largest absolute Gasteiger partial charge is 0.350 e. The summed E-state index contributed by atoms with van der Waals surface area (Å²) in [6.45, 7) is 7.39. The predicted octanol–water partition coefficient (Wildman–Crippen LogP) is 5.79. The standard InChI is InChI=1S/C36H39N3O3/c1-36(2,3)29-20-18-25(19-21-29)24-37-34(41)32-17-10-22-39(32)35(42)31(38-33(40)27-12-5-4-6-13-27)23-28-15-9-14-26-11-7-8-16-30(26)28/h4-9,11-16,18-21,31-32H,10,17,22-24H2,1-3H3,(H,37,41)(H,38,40)/t31-,32+/m1/s1. The van der Waals surface area contributed by atoms with Crippen LogP contribution in [0.15, 0.2) is 97.1 Å². The second kappa shape index (κ2) is 12.6. The van der Waals surface area contributed by atoms with Gasteiger partial charge in [-0.25, -0.2) is 0 Å². The van der Waals surface area contributed by atoms with Crippen molar-refractivity contribution in [3.63, 3.8) is 0 Å². The molecule has 0 spiro atoms. The normalized spacial score (nSPS) is 15.8. The van der Waals surface area contributed by atoms with Crippen LogP contribution in [0.4, 0.5) is 0 Å². The summed E-state index contributed by atoms with van der Waals surface area (Å²) in [7, 11) is 0. The van der Waals surface area contributed by atoms with Gasteiger partial charge in [0.05, 0.1) is 0 Å². The number of carbonyl (C=O) groups is 3. The average Bonchev–Trinajstić information content (AvgIpc) is 3.50. The zero-order chi connectivity index (χ0) is 29.7. The Morgan fingerprint density at radius 3 is 2.29 bits per heavy atom. The van der Waals surface area contributed by atoms with E-state index in [1.165, 1.54) is 5.56 Å². The van der Waals surface area contributed by atoms with Gasteiger partial charge in [0.2, 0.25) is 11.8 Å². The Balaban J connectivity index is 1.33. The van der Waals surface area contributed by atoms with Crippen LogP contribution in [0.2, 0.25) is 0 Å². The van der Waals surface area contributed by atoms with Gasteiger partial charge < -0.3 is 15.5 Å². The molecule has 1 heterocycles. The lowest BCUT2D eigenvalue weighted by Gasteiger charge is -2.29. The second-order valence-corrected chi connectivity index (χ2v) is 12.1. The maximum absolute atomic E-state index is 14.1. The third-order valence-electron chi connectivity index (χ3n) is 8.07. The highest BCUT2D eigenvalue weighted by Crippen LogP contribution is 2.24. The van der Waals surface area contributed by atoms with Crippen LogP contribution in [0.3, 0.4) is 0 Å². The lowest BCUT2D eigenvalue weighted by molar-refractivity contribution is -0.139. The van der Waals surface area contributed by atoms with Crippen molar-refractivity contribution in [3.8, 4) is 0 Å². The molecule has 6 nitrogen and oxygen atoms in total. The summed E-state index contributed by atoms with van der Waals surface area (Å²) in [6.07, 6.45) is 1.65. The number of carbonyl (C=O) groups excluding carboxylic acids is 3. The van der Waals surface area contributed by atoms with Crippen molar-refractivity contribution in [1.29, 1.82) is 0 Å². The molecule has 2 atom stereocenters. The first kappa shape index (κ1) is 29.1. The Hall–Kier alpha value is -4.45. The lowest BCUT2D eigenvalue weighted by Crippen LogP contribution is -2.54. The van der Waals surface area contributed by atoms with Gasteiger partial charge in [-0.15, -0.1) is 0 Å². The van der Waals surface area contributed by atoms with Crippen LogP contribution < -0.4 is 10.6 Å². The highest BCUT2D eigenvalue weighted by Gasteiger charge is 2.38. The number of nitrogens with zero attached hydrogens (tertiary/aromatic N) is 1. The maximum Gasteiger partial charge on any atom is 0.251 e. The van der Waals surface area contributed by atoms with Gasteiger partial charge in [-0.1, -0.05) is 106 Å². The van der Waals surface area contributed by atoms with Gasteiger partial charge in [0.1, 0.15) is 12.1 Å². The molecule has 0 aromatic heterocycles. The van der Waals surface area contributed by atoms with Gasteiger partial charge in [-0.05, 0) is 57.9 Å². The van der Waals surface area contributed by atoms with E-state index in [0.717, 1.165) is 28.3 Å². The molecule has 0 radical (unpaired) electrons. The number of amides is 3. The van der Waals surface area contributed by atoms with Gasteiger partial charge in [0.15, 0.2) is 0 Å². The Kier molecular flexibility index (Phi) is 8.72. The molecular formula is C36H39N3O3. The number of hydrogen-bond donors (Lipinski definition) is 2. The molecule has 1 saturated heterocycles. The summed E-state index contributed by atoms with van der Waals surface area (Å²) in [4.78, 5) is 42.4. The first-order valence-corrected chi connectivity index (χ1v) is 14.7. The minimum absolute atomic E-state index is 0.0605. The van der Waals surface area contributed by atoms with Gasteiger partial charge >= 0.3 is 0 Å². The molecule has 216 valence electrons. The summed E-state index contributed by atoms with van der Waals surface area (Å²) in [5.74, 6) is -0.716. The summed E-state index contributed by atoms with van der Waals surface area (Å²) in [6, 6.07) is 29.8. The Labute approximate surface area is 248 Å². The van der Waals surface area contributed by atoms with E-state index in [0.29, 0.717) is 31.5 Å². The molecule has 1 aliphatic rings. The Morgan fingerprint density at radius 1 is 0.857 bits per heavy atom. The third-order valence-corrected chi connectivity index (χ3v) is 8.07. The molecule has 42 heavy (non-hydrogen) atoms. The van der Waals surface area contributed by atoms with Crippen LogP contribution >= 0.6 is 0 Å². The molecule has 4 aromatic rings. The fourth-order valence-electron chi connectivity index (χ4n) is 5.65. The van der Waals surface area contributed by atoms with Gasteiger partial charge in [0, 0.05) is 25.1 Å². The van der Waals surface area contributed by atoms with E-state index in [9.17, 15) is 14.4 Å².